The number of nitrogens with zero attached hydrogens (tertiary/aromatic N) is 1. The smallest absolute Gasteiger partial charge is 0.264 e. The molecule has 33 heavy (non-hydrogen) atoms. The van der Waals surface area contributed by atoms with E-state index in [4.69, 9.17) is 23.2 Å². The highest BCUT2D eigenvalue weighted by Gasteiger charge is 2.28. The minimum atomic E-state index is -4.02. The van der Waals surface area contributed by atoms with Crippen LogP contribution < -0.4 is 9.62 Å². The summed E-state index contributed by atoms with van der Waals surface area (Å²) in [6.45, 7) is 2.06. The Balaban J connectivity index is 1.65. The number of carbonyl (C=O) groups is 1. The quantitative estimate of drug-likeness (QED) is 0.354. The molecule has 0 heterocycles. The number of benzene rings is 3. The van der Waals surface area contributed by atoms with E-state index in [-0.39, 0.29) is 15.6 Å². The molecule has 3 aromatic carbocycles. The molecule has 3 rings (SSSR count). The van der Waals surface area contributed by atoms with E-state index < -0.39 is 22.5 Å². The number of sulfonamides is 1. The van der Waals surface area contributed by atoms with Crippen molar-refractivity contribution in [1.29, 1.82) is 0 Å². The van der Waals surface area contributed by atoms with Gasteiger partial charge in [-0.1, -0.05) is 71.2 Å². The molecule has 1 N–H and O–H groups in total. The second-order valence-corrected chi connectivity index (χ2v) is 11.1. The summed E-state index contributed by atoms with van der Waals surface area (Å²) >= 11 is 14.0. The van der Waals surface area contributed by atoms with E-state index in [0.717, 1.165) is 10.1 Å². The van der Waals surface area contributed by atoms with Crippen molar-refractivity contribution in [2.75, 3.05) is 23.1 Å². The van der Waals surface area contributed by atoms with Crippen molar-refractivity contribution in [3.05, 3.63) is 94.0 Å². The fraction of sp³-hybridized carbons (Fsp3) is 0.208. The van der Waals surface area contributed by atoms with Gasteiger partial charge in [-0.15, -0.1) is 0 Å². The highest BCUT2D eigenvalue weighted by Crippen LogP contribution is 2.32. The molecular weight excluding hydrogens is 499 g/mol. The summed E-state index contributed by atoms with van der Waals surface area (Å²) in [7, 11) is -4.02. The van der Waals surface area contributed by atoms with Crippen LogP contribution in [0.25, 0.3) is 0 Å². The molecule has 3 aromatic rings. The lowest BCUT2D eigenvalue weighted by atomic mass is 10.2. The monoisotopic (exact) mass is 522 g/mol. The predicted octanol–water partition coefficient (Wildman–Crippen LogP) is 5.55. The van der Waals surface area contributed by atoms with Gasteiger partial charge >= 0.3 is 0 Å². The second-order valence-electron chi connectivity index (χ2n) is 7.31. The first-order valence-electron chi connectivity index (χ1n) is 10.2. The number of nitrogens with one attached hydrogen (secondary N) is 1. The number of halogens is 2. The van der Waals surface area contributed by atoms with Crippen molar-refractivity contribution in [3.8, 4) is 0 Å². The van der Waals surface area contributed by atoms with Crippen molar-refractivity contribution < 1.29 is 13.2 Å². The van der Waals surface area contributed by atoms with Gasteiger partial charge in [0.2, 0.25) is 5.91 Å². The maximum atomic E-state index is 13.3. The van der Waals surface area contributed by atoms with Gasteiger partial charge in [-0.25, -0.2) is 8.42 Å². The summed E-state index contributed by atoms with van der Waals surface area (Å²) in [4.78, 5) is 12.7. The minimum Gasteiger partial charge on any atom is -0.354 e. The number of anilines is 1. The molecule has 0 unspecified atom stereocenters. The Kier molecular flexibility index (Phi) is 9.09. The van der Waals surface area contributed by atoms with Gasteiger partial charge in [-0.2, -0.15) is 11.8 Å². The molecule has 0 bridgehead atoms. The van der Waals surface area contributed by atoms with E-state index in [1.807, 2.05) is 6.92 Å². The standard InChI is InChI=1S/C24H24Cl2N2O3S2/c1-18-7-9-19(10-8-18)17-32-14-13-27-24(29)16-28(23-12-11-20(25)15-22(23)26)33(30,31)21-5-3-2-4-6-21/h2-12,15H,13-14,16-17H2,1H3,(H,27,29). The topological polar surface area (TPSA) is 66.5 Å². The second kappa shape index (κ2) is 11.8. The van der Waals surface area contributed by atoms with Gasteiger partial charge < -0.3 is 5.32 Å². The minimum absolute atomic E-state index is 0.0671. The zero-order chi connectivity index (χ0) is 23.8. The van der Waals surface area contributed by atoms with E-state index in [1.165, 1.54) is 41.5 Å². The van der Waals surface area contributed by atoms with Gasteiger partial charge in [-0.05, 0) is 42.8 Å². The van der Waals surface area contributed by atoms with Crippen LogP contribution >= 0.6 is 35.0 Å². The first-order valence-corrected chi connectivity index (χ1v) is 13.6. The van der Waals surface area contributed by atoms with Gasteiger partial charge in [0.15, 0.2) is 0 Å². The van der Waals surface area contributed by atoms with Crippen LogP contribution in [0.5, 0.6) is 0 Å². The first kappa shape index (κ1) is 25.4. The molecule has 0 atom stereocenters. The molecule has 0 spiro atoms. The lowest BCUT2D eigenvalue weighted by Crippen LogP contribution is -2.41. The van der Waals surface area contributed by atoms with Gasteiger partial charge in [0.05, 0.1) is 15.6 Å². The van der Waals surface area contributed by atoms with Crippen molar-refractivity contribution in [2.45, 2.75) is 17.6 Å². The molecule has 0 aliphatic carbocycles. The number of hydrogen-bond donors (Lipinski definition) is 1. The van der Waals surface area contributed by atoms with Crippen LogP contribution in [0, 0.1) is 6.92 Å². The number of thioether (sulfide) groups is 1. The summed E-state index contributed by atoms with van der Waals surface area (Å²) in [6, 6.07) is 20.7. The Labute approximate surface area is 209 Å². The maximum absolute atomic E-state index is 13.3. The van der Waals surface area contributed by atoms with Crippen LogP contribution in [0.15, 0.2) is 77.7 Å². The lowest BCUT2D eigenvalue weighted by molar-refractivity contribution is -0.119. The van der Waals surface area contributed by atoms with Crippen LogP contribution in [-0.4, -0.2) is 33.2 Å². The summed E-state index contributed by atoms with van der Waals surface area (Å²) in [5, 5.41) is 3.31. The Morgan fingerprint density at radius 3 is 2.36 bits per heavy atom. The average Bonchev–Trinajstić information content (AvgIpc) is 2.79. The molecule has 1 amide bonds. The Hall–Kier alpha value is -2.19. The third-order valence-electron chi connectivity index (χ3n) is 4.75. The molecule has 0 saturated heterocycles. The van der Waals surface area contributed by atoms with Gasteiger partial charge in [0, 0.05) is 23.1 Å². The van der Waals surface area contributed by atoms with Crippen LogP contribution in [0.3, 0.4) is 0 Å². The lowest BCUT2D eigenvalue weighted by Gasteiger charge is -2.25. The van der Waals surface area contributed by atoms with Crippen LogP contribution in [0.1, 0.15) is 11.1 Å². The van der Waals surface area contributed by atoms with Crippen molar-refractivity contribution in [2.24, 2.45) is 0 Å². The maximum Gasteiger partial charge on any atom is 0.264 e. The zero-order valence-electron chi connectivity index (χ0n) is 18.0. The zero-order valence-corrected chi connectivity index (χ0v) is 21.1. The van der Waals surface area contributed by atoms with E-state index >= 15 is 0 Å². The van der Waals surface area contributed by atoms with E-state index in [0.29, 0.717) is 17.3 Å². The molecule has 0 radical (unpaired) electrons. The van der Waals surface area contributed by atoms with Crippen molar-refractivity contribution in [3.63, 3.8) is 0 Å². The fourth-order valence-corrected chi connectivity index (χ4v) is 5.87. The highest BCUT2D eigenvalue weighted by molar-refractivity contribution is 7.98. The number of aryl methyl sites for hydroxylation is 1. The average molecular weight is 524 g/mol. The van der Waals surface area contributed by atoms with Crippen molar-refractivity contribution >= 4 is 56.6 Å². The van der Waals surface area contributed by atoms with Gasteiger partial charge in [-0.3, -0.25) is 9.10 Å². The number of rotatable bonds is 10. The normalized spacial score (nSPS) is 11.2. The van der Waals surface area contributed by atoms with Crippen molar-refractivity contribution in [1.82, 2.24) is 5.32 Å². The number of amides is 1. The molecule has 0 aliphatic heterocycles. The SMILES string of the molecule is Cc1ccc(CSCCNC(=O)CN(c2ccc(Cl)cc2Cl)S(=O)(=O)c2ccccc2)cc1. The summed E-state index contributed by atoms with van der Waals surface area (Å²) < 4.78 is 27.6. The fourth-order valence-electron chi connectivity index (χ4n) is 3.03. The summed E-state index contributed by atoms with van der Waals surface area (Å²) in [5.41, 5.74) is 2.62. The molecule has 0 aromatic heterocycles. The Morgan fingerprint density at radius 1 is 1.00 bits per heavy atom. The molecule has 0 saturated carbocycles. The van der Waals surface area contributed by atoms with Crippen LogP contribution in [-0.2, 0) is 20.6 Å². The largest absolute Gasteiger partial charge is 0.354 e. The molecule has 0 aliphatic rings. The summed E-state index contributed by atoms with van der Waals surface area (Å²) in [6.07, 6.45) is 0. The van der Waals surface area contributed by atoms with E-state index in [9.17, 15) is 13.2 Å². The summed E-state index contributed by atoms with van der Waals surface area (Å²) in [5.74, 6) is 1.12. The first-order chi connectivity index (χ1) is 15.8. The molecule has 174 valence electrons. The van der Waals surface area contributed by atoms with Crippen LogP contribution in [0.2, 0.25) is 10.0 Å². The molecule has 0 fully saturated rings. The Morgan fingerprint density at radius 2 is 1.70 bits per heavy atom. The number of carbonyl (C=O) groups excluding carboxylic acids is 1. The third-order valence-corrected chi connectivity index (χ3v) is 8.10. The highest BCUT2D eigenvalue weighted by atomic mass is 35.5. The molecule has 5 nitrogen and oxygen atoms in total. The Bertz CT molecular complexity index is 1190. The molecule has 9 heteroatoms. The van der Waals surface area contributed by atoms with Gasteiger partial charge in [0.1, 0.15) is 6.54 Å². The van der Waals surface area contributed by atoms with E-state index in [1.54, 1.807) is 30.0 Å². The third kappa shape index (κ3) is 7.14. The van der Waals surface area contributed by atoms with Crippen LogP contribution in [0.4, 0.5) is 5.69 Å². The predicted molar refractivity (Wildman–Crippen MR) is 138 cm³/mol. The van der Waals surface area contributed by atoms with Gasteiger partial charge in [0.25, 0.3) is 10.0 Å². The molecular formula is C24H24Cl2N2O3S2. The van der Waals surface area contributed by atoms with E-state index in [2.05, 4.69) is 29.6 Å². The number of hydrogen-bond acceptors (Lipinski definition) is 4.